The molecule has 3 aliphatic heterocycles. The lowest BCUT2D eigenvalue weighted by molar-refractivity contribution is -0.206. The Kier molecular flexibility index (Phi) is 6.10. The van der Waals surface area contributed by atoms with E-state index < -0.39 is 35.9 Å². The summed E-state index contributed by atoms with van der Waals surface area (Å²) in [6.45, 7) is 9.13. The van der Waals surface area contributed by atoms with Crippen LogP contribution in [0.1, 0.15) is 52.9 Å². The molecule has 0 aromatic carbocycles. The Morgan fingerprint density at radius 1 is 1.36 bits per heavy atom. The summed E-state index contributed by atoms with van der Waals surface area (Å²) in [4.78, 5) is 23.5. The van der Waals surface area contributed by atoms with Gasteiger partial charge in [-0.25, -0.2) is 4.79 Å². The molecule has 154 valence electrons. The zero-order valence-corrected chi connectivity index (χ0v) is 16.9. The van der Waals surface area contributed by atoms with E-state index in [1.807, 2.05) is 6.92 Å². The van der Waals surface area contributed by atoms with E-state index in [9.17, 15) is 14.7 Å². The van der Waals surface area contributed by atoms with Crippen molar-refractivity contribution in [1.29, 1.82) is 0 Å². The Balaban J connectivity index is 1.97. The van der Waals surface area contributed by atoms with E-state index in [0.29, 0.717) is 24.8 Å². The van der Waals surface area contributed by atoms with Crippen molar-refractivity contribution in [2.45, 2.75) is 76.8 Å². The summed E-state index contributed by atoms with van der Waals surface area (Å²) in [5.74, 6) is -1.07. The second-order valence-corrected chi connectivity index (χ2v) is 8.24. The fourth-order valence-corrected chi connectivity index (χ4v) is 4.30. The maximum atomic E-state index is 12.1. The van der Waals surface area contributed by atoms with Gasteiger partial charge in [0.05, 0.1) is 6.10 Å². The van der Waals surface area contributed by atoms with Crippen molar-refractivity contribution in [3.05, 3.63) is 35.5 Å². The van der Waals surface area contributed by atoms with Crippen LogP contribution in [0.3, 0.4) is 0 Å². The molecule has 0 saturated carbocycles. The minimum absolute atomic E-state index is 0.145. The molecule has 28 heavy (non-hydrogen) atoms. The molecule has 6 nitrogen and oxygen atoms in total. The lowest BCUT2D eigenvalue weighted by Gasteiger charge is -2.44. The summed E-state index contributed by atoms with van der Waals surface area (Å²) in [7, 11) is 0. The first-order chi connectivity index (χ1) is 13.2. The predicted octanol–water partition coefficient (Wildman–Crippen LogP) is 3.00. The van der Waals surface area contributed by atoms with E-state index in [0.717, 1.165) is 18.4 Å². The van der Waals surface area contributed by atoms with Crippen LogP contribution in [0, 0.1) is 5.92 Å². The third kappa shape index (κ3) is 4.23. The first kappa shape index (κ1) is 20.8. The Hall–Kier alpha value is -1.92. The van der Waals surface area contributed by atoms with Crippen LogP contribution in [0.25, 0.3) is 0 Å². The molecule has 6 heteroatoms. The maximum Gasteiger partial charge on any atom is 0.334 e. The molecule has 0 amide bonds. The molecule has 0 unspecified atom stereocenters. The summed E-state index contributed by atoms with van der Waals surface area (Å²) in [5.41, 5.74) is 1.31. The highest BCUT2D eigenvalue weighted by Gasteiger charge is 2.53. The molecule has 1 N–H and O–H groups in total. The van der Waals surface area contributed by atoms with Crippen molar-refractivity contribution in [3.63, 3.8) is 0 Å². The average molecular weight is 390 g/mol. The van der Waals surface area contributed by atoms with Gasteiger partial charge in [-0.2, -0.15) is 0 Å². The molecule has 0 aromatic rings. The van der Waals surface area contributed by atoms with Crippen LogP contribution in [0.4, 0.5) is 0 Å². The molecule has 5 atom stereocenters. The zero-order valence-electron chi connectivity index (χ0n) is 16.9. The van der Waals surface area contributed by atoms with Crippen molar-refractivity contribution >= 4 is 11.9 Å². The first-order valence-electron chi connectivity index (χ1n) is 9.94. The van der Waals surface area contributed by atoms with Crippen molar-refractivity contribution in [2.75, 3.05) is 6.61 Å². The lowest BCUT2D eigenvalue weighted by atomic mass is 9.77. The maximum absolute atomic E-state index is 12.1. The van der Waals surface area contributed by atoms with Crippen LogP contribution < -0.4 is 0 Å². The highest BCUT2D eigenvalue weighted by atomic mass is 16.6. The number of hydrogen-bond acceptors (Lipinski definition) is 6. The molecule has 2 fully saturated rings. The molecule has 0 aliphatic carbocycles. The average Bonchev–Trinajstić information content (AvgIpc) is 2.93. The van der Waals surface area contributed by atoms with E-state index in [-0.39, 0.29) is 12.5 Å². The summed E-state index contributed by atoms with van der Waals surface area (Å²) < 4.78 is 17.1. The smallest absolute Gasteiger partial charge is 0.334 e. The molecule has 2 bridgehead atoms. The monoisotopic (exact) mass is 390 g/mol. The first-order valence-corrected chi connectivity index (χ1v) is 9.94. The van der Waals surface area contributed by atoms with Crippen molar-refractivity contribution in [2.24, 2.45) is 5.92 Å². The molecular formula is C22H30O6. The van der Waals surface area contributed by atoms with Crippen LogP contribution in [0.15, 0.2) is 35.5 Å². The molecule has 3 rings (SSSR count). The van der Waals surface area contributed by atoms with E-state index in [2.05, 4.69) is 25.7 Å². The molecule has 2 saturated heterocycles. The van der Waals surface area contributed by atoms with Crippen LogP contribution >= 0.6 is 0 Å². The van der Waals surface area contributed by atoms with Gasteiger partial charge in [-0.05, 0) is 51.5 Å². The number of rotatable bonds is 2. The molecular weight excluding hydrogens is 360 g/mol. The van der Waals surface area contributed by atoms with Crippen molar-refractivity contribution in [3.8, 4) is 0 Å². The highest BCUT2D eigenvalue weighted by Crippen LogP contribution is 2.44. The fraction of sp³-hybridized carbons (Fsp3) is 0.636. The quantitative estimate of drug-likeness (QED) is 0.443. The van der Waals surface area contributed by atoms with Gasteiger partial charge in [-0.1, -0.05) is 24.3 Å². The summed E-state index contributed by atoms with van der Waals surface area (Å²) in [5, 5.41) is 11.5. The van der Waals surface area contributed by atoms with Gasteiger partial charge < -0.3 is 19.3 Å². The minimum Gasteiger partial charge on any atom is -0.463 e. The third-order valence-electron chi connectivity index (χ3n) is 6.08. The Morgan fingerprint density at radius 2 is 2.11 bits per heavy atom. The summed E-state index contributed by atoms with van der Waals surface area (Å²) in [6.07, 6.45) is 6.01. The van der Waals surface area contributed by atoms with Gasteiger partial charge in [0.25, 0.3) is 0 Å². The van der Waals surface area contributed by atoms with Gasteiger partial charge in [0.1, 0.15) is 24.4 Å². The van der Waals surface area contributed by atoms with Crippen molar-refractivity contribution < 1.29 is 28.9 Å². The number of fused-ring (bicyclic) bond motifs is 4. The van der Waals surface area contributed by atoms with Crippen LogP contribution in [-0.4, -0.2) is 47.6 Å². The number of carbonyl (C=O) groups is 2. The lowest BCUT2D eigenvalue weighted by Crippen LogP contribution is -2.56. The van der Waals surface area contributed by atoms with E-state index in [1.165, 1.54) is 12.5 Å². The Labute approximate surface area is 166 Å². The van der Waals surface area contributed by atoms with E-state index in [1.54, 1.807) is 0 Å². The second-order valence-electron chi connectivity index (χ2n) is 8.24. The van der Waals surface area contributed by atoms with Crippen LogP contribution in [-0.2, 0) is 23.8 Å². The zero-order chi connectivity index (χ0) is 20.5. The normalized spacial score (nSPS) is 40.0. The van der Waals surface area contributed by atoms with Crippen LogP contribution in [0.5, 0.6) is 0 Å². The number of esters is 2. The SMILES string of the molecule is C=C1C(=O)O[C@@H]2[C@@H]1C[C@@H]1O[C@H]2/C(C)=C\CC/C(C)=C\CC[C@]1(O)COC(C)=O. The number of carbonyl (C=O) groups excluding carboxylic acids is 2. The van der Waals surface area contributed by atoms with Gasteiger partial charge in [0.15, 0.2) is 0 Å². The van der Waals surface area contributed by atoms with Gasteiger partial charge in [0, 0.05) is 18.4 Å². The van der Waals surface area contributed by atoms with E-state index in [4.69, 9.17) is 14.2 Å². The topological polar surface area (TPSA) is 82.1 Å². The number of hydrogen-bond donors (Lipinski definition) is 1. The molecule has 0 radical (unpaired) electrons. The molecule has 0 spiro atoms. The third-order valence-corrected chi connectivity index (χ3v) is 6.08. The van der Waals surface area contributed by atoms with Gasteiger partial charge in [-0.15, -0.1) is 0 Å². The molecule has 0 aromatic heterocycles. The predicted molar refractivity (Wildman–Crippen MR) is 103 cm³/mol. The highest BCUT2D eigenvalue weighted by molar-refractivity contribution is 5.91. The van der Waals surface area contributed by atoms with Gasteiger partial charge >= 0.3 is 11.9 Å². The van der Waals surface area contributed by atoms with Crippen LogP contribution in [0.2, 0.25) is 0 Å². The number of ether oxygens (including phenoxy) is 3. The number of allylic oxidation sites excluding steroid dienone is 3. The largest absolute Gasteiger partial charge is 0.463 e. The van der Waals surface area contributed by atoms with Gasteiger partial charge in [-0.3, -0.25) is 4.79 Å². The standard InChI is InChI=1S/C22H30O6/c1-13-7-5-9-14(2)19-20-17(15(3)21(24)28-20)11-18(27-19)22(25,10-6-8-13)12-26-16(4)23/h8-9,17-20,25H,3,5-7,10-12H2,1-2,4H3/b13-8-,14-9-/t17-,18+,19+,20-,22+/m1/s1. The molecule has 3 heterocycles. The fourth-order valence-electron chi connectivity index (χ4n) is 4.30. The summed E-state index contributed by atoms with van der Waals surface area (Å²) >= 11 is 0. The summed E-state index contributed by atoms with van der Waals surface area (Å²) in [6, 6.07) is 0. The Morgan fingerprint density at radius 3 is 2.82 bits per heavy atom. The molecule has 3 aliphatic rings. The Bertz CT molecular complexity index is 721. The van der Waals surface area contributed by atoms with E-state index >= 15 is 0 Å². The number of aliphatic hydroxyl groups is 1. The second kappa shape index (κ2) is 8.21. The van der Waals surface area contributed by atoms with Crippen molar-refractivity contribution in [1.82, 2.24) is 0 Å². The van der Waals surface area contributed by atoms with Gasteiger partial charge in [0.2, 0.25) is 0 Å². The minimum atomic E-state index is -1.35.